The van der Waals surface area contributed by atoms with Crippen molar-refractivity contribution in [1.29, 1.82) is 0 Å². The first kappa shape index (κ1) is 13.7. The number of hydrogen-bond acceptors (Lipinski definition) is 3. The predicted octanol–water partition coefficient (Wildman–Crippen LogP) is 2.73. The zero-order valence-electron chi connectivity index (χ0n) is 10.0. The van der Waals surface area contributed by atoms with Crippen LogP contribution in [0.5, 0.6) is 0 Å². The van der Waals surface area contributed by atoms with Crippen LogP contribution in [0.2, 0.25) is 5.02 Å². The SMILES string of the molecule is O=C(CSc1ccccc1Cl)NC[C@H]1CCCO1. The first-order valence-corrected chi connectivity index (χ1v) is 7.37. The van der Waals surface area contributed by atoms with Crippen molar-refractivity contribution >= 4 is 29.3 Å². The summed E-state index contributed by atoms with van der Waals surface area (Å²) < 4.78 is 5.44. The Morgan fingerprint density at radius 2 is 2.33 bits per heavy atom. The maximum atomic E-state index is 11.7. The maximum Gasteiger partial charge on any atom is 0.230 e. The highest BCUT2D eigenvalue weighted by Crippen LogP contribution is 2.26. The van der Waals surface area contributed by atoms with E-state index in [1.807, 2.05) is 24.3 Å². The highest BCUT2D eigenvalue weighted by atomic mass is 35.5. The molecule has 5 heteroatoms. The lowest BCUT2D eigenvalue weighted by atomic mass is 10.2. The van der Waals surface area contributed by atoms with Gasteiger partial charge in [-0.25, -0.2) is 0 Å². The molecule has 0 aromatic heterocycles. The van der Waals surface area contributed by atoms with E-state index in [1.165, 1.54) is 11.8 Å². The molecule has 1 heterocycles. The van der Waals surface area contributed by atoms with Gasteiger partial charge in [0.2, 0.25) is 5.91 Å². The molecular formula is C13H16ClNO2S. The Morgan fingerprint density at radius 3 is 3.06 bits per heavy atom. The fourth-order valence-electron chi connectivity index (χ4n) is 1.79. The minimum Gasteiger partial charge on any atom is -0.376 e. The van der Waals surface area contributed by atoms with Crippen LogP contribution in [0.25, 0.3) is 0 Å². The van der Waals surface area contributed by atoms with Gasteiger partial charge >= 0.3 is 0 Å². The molecule has 1 fully saturated rings. The number of benzene rings is 1. The highest BCUT2D eigenvalue weighted by molar-refractivity contribution is 8.00. The summed E-state index contributed by atoms with van der Waals surface area (Å²) in [6, 6.07) is 7.54. The number of thioether (sulfide) groups is 1. The van der Waals surface area contributed by atoms with Crippen LogP contribution in [0, 0.1) is 0 Å². The first-order valence-electron chi connectivity index (χ1n) is 6.01. The number of nitrogens with one attached hydrogen (secondary N) is 1. The van der Waals surface area contributed by atoms with Gasteiger partial charge in [-0.3, -0.25) is 4.79 Å². The summed E-state index contributed by atoms with van der Waals surface area (Å²) >= 11 is 7.47. The molecule has 18 heavy (non-hydrogen) atoms. The summed E-state index contributed by atoms with van der Waals surface area (Å²) in [6.07, 6.45) is 2.33. The Balaban J connectivity index is 1.69. The Morgan fingerprint density at radius 1 is 1.50 bits per heavy atom. The summed E-state index contributed by atoms with van der Waals surface area (Å²) in [7, 11) is 0. The molecule has 0 bridgehead atoms. The minimum absolute atomic E-state index is 0.0235. The van der Waals surface area contributed by atoms with Gasteiger partial charge in [0.15, 0.2) is 0 Å². The second kappa shape index (κ2) is 7.02. The lowest BCUT2D eigenvalue weighted by molar-refractivity contribution is -0.119. The molecule has 3 nitrogen and oxygen atoms in total. The molecular weight excluding hydrogens is 270 g/mol. The van der Waals surface area contributed by atoms with Crippen LogP contribution < -0.4 is 5.32 Å². The topological polar surface area (TPSA) is 38.3 Å². The average molecular weight is 286 g/mol. The van der Waals surface area contributed by atoms with E-state index in [-0.39, 0.29) is 12.0 Å². The predicted molar refractivity (Wildman–Crippen MR) is 74.2 cm³/mol. The van der Waals surface area contributed by atoms with Gasteiger partial charge < -0.3 is 10.1 Å². The van der Waals surface area contributed by atoms with E-state index in [0.717, 1.165) is 24.3 Å². The molecule has 1 aliphatic heterocycles. The van der Waals surface area contributed by atoms with Crippen molar-refractivity contribution in [2.24, 2.45) is 0 Å². The molecule has 1 aromatic carbocycles. The number of halogens is 1. The van der Waals surface area contributed by atoms with Crippen molar-refractivity contribution in [2.75, 3.05) is 18.9 Å². The van der Waals surface area contributed by atoms with Crippen molar-refractivity contribution in [3.05, 3.63) is 29.3 Å². The van der Waals surface area contributed by atoms with Crippen LogP contribution >= 0.6 is 23.4 Å². The highest BCUT2D eigenvalue weighted by Gasteiger charge is 2.16. The monoisotopic (exact) mass is 285 g/mol. The molecule has 1 N–H and O–H groups in total. The lowest BCUT2D eigenvalue weighted by Crippen LogP contribution is -2.32. The second-order valence-electron chi connectivity index (χ2n) is 4.16. The minimum atomic E-state index is 0.0235. The third-order valence-corrected chi connectivity index (χ3v) is 4.26. The standard InChI is InChI=1S/C13H16ClNO2S/c14-11-5-1-2-6-12(11)18-9-13(16)15-8-10-4-3-7-17-10/h1-2,5-6,10H,3-4,7-9H2,(H,15,16)/t10-/m1/s1. The van der Waals surface area contributed by atoms with E-state index in [1.54, 1.807) is 0 Å². The molecule has 0 unspecified atom stereocenters. The van der Waals surface area contributed by atoms with Gasteiger partial charge in [0.05, 0.1) is 16.9 Å². The van der Waals surface area contributed by atoms with Crippen LogP contribution in [0.4, 0.5) is 0 Å². The fraction of sp³-hybridized carbons (Fsp3) is 0.462. The van der Waals surface area contributed by atoms with E-state index in [0.29, 0.717) is 17.3 Å². The first-order chi connectivity index (χ1) is 8.75. The van der Waals surface area contributed by atoms with Gasteiger partial charge in [0.1, 0.15) is 0 Å². The van der Waals surface area contributed by atoms with E-state index in [4.69, 9.17) is 16.3 Å². The van der Waals surface area contributed by atoms with Crippen molar-refractivity contribution in [1.82, 2.24) is 5.32 Å². The van der Waals surface area contributed by atoms with Crippen LogP contribution in [0.15, 0.2) is 29.2 Å². The fourth-order valence-corrected chi connectivity index (χ4v) is 2.86. The largest absolute Gasteiger partial charge is 0.376 e. The van der Waals surface area contributed by atoms with Crippen molar-refractivity contribution < 1.29 is 9.53 Å². The van der Waals surface area contributed by atoms with Gasteiger partial charge in [-0.1, -0.05) is 23.7 Å². The second-order valence-corrected chi connectivity index (χ2v) is 5.58. The van der Waals surface area contributed by atoms with Gasteiger partial charge in [0.25, 0.3) is 0 Å². The molecule has 1 amide bonds. The number of ether oxygens (including phenoxy) is 1. The molecule has 1 saturated heterocycles. The molecule has 1 aliphatic rings. The Labute approximate surface area is 116 Å². The number of carbonyl (C=O) groups excluding carboxylic acids is 1. The van der Waals surface area contributed by atoms with E-state index < -0.39 is 0 Å². The van der Waals surface area contributed by atoms with Gasteiger partial charge in [0, 0.05) is 18.0 Å². The van der Waals surface area contributed by atoms with Crippen LogP contribution in [-0.4, -0.2) is 30.9 Å². The van der Waals surface area contributed by atoms with Crippen molar-refractivity contribution in [3.8, 4) is 0 Å². The Kier molecular flexibility index (Phi) is 5.35. The summed E-state index contributed by atoms with van der Waals surface area (Å²) in [5.74, 6) is 0.409. The summed E-state index contributed by atoms with van der Waals surface area (Å²) in [6.45, 7) is 1.43. The zero-order chi connectivity index (χ0) is 12.8. The third kappa shape index (κ3) is 4.19. The van der Waals surface area contributed by atoms with Crippen molar-refractivity contribution in [2.45, 2.75) is 23.8 Å². The van der Waals surface area contributed by atoms with E-state index in [2.05, 4.69) is 5.32 Å². The molecule has 98 valence electrons. The number of amides is 1. The van der Waals surface area contributed by atoms with Gasteiger partial charge in [-0.15, -0.1) is 11.8 Å². The van der Waals surface area contributed by atoms with Gasteiger partial charge in [-0.05, 0) is 25.0 Å². The maximum absolute atomic E-state index is 11.7. The van der Waals surface area contributed by atoms with Crippen molar-refractivity contribution in [3.63, 3.8) is 0 Å². The summed E-state index contributed by atoms with van der Waals surface area (Å²) in [5, 5.41) is 3.58. The normalized spacial score (nSPS) is 18.8. The Bertz CT molecular complexity index is 408. The molecule has 2 rings (SSSR count). The van der Waals surface area contributed by atoms with E-state index >= 15 is 0 Å². The number of carbonyl (C=O) groups is 1. The molecule has 0 saturated carbocycles. The van der Waals surface area contributed by atoms with Crippen LogP contribution in [0.1, 0.15) is 12.8 Å². The number of rotatable bonds is 5. The summed E-state index contributed by atoms with van der Waals surface area (Å²) in [4.78, 5) is 12.6. The third-order valence-electron chi connectivity index (χ3n) is 2.75. The molecule has 0 aliphatic carbocycles. The smallest absolute Gasteiger partial charge is 0.230 e. The Hall–Kier alpha value is -0.710. The molecule has 0 radical (unpaired) electrons. The zero-order valence-corrected chi connectivity index (χ0v) is 11.6. The average Bonchev–Trinajstić information content (AvgIpc) is 2.88. The lowest BCUT2D eigenvalue weighted by Gasteiger charge is -2.10. The molecule has 0 spiro atoms. The quantitative estimate of drug-likeness (QED) is 0.846. The van der Waals surface area contributed by atoms with Gasteiger partial charge in [-0.2, -0.15) is 0 Å². The van der Waals surface area contributed by atoms with E-state index in [9.17, 15) is 4.79 Å². The van der Waals surface area contributed by atoms with Crippen LogP contribution in [0.3, 0.4) is 0 Å². The molecule has 1 aromatic rings. The van der Waals surface area contributed by atoms with Crippen LogP contribution in [-0.2, 0) is 9.53 Å². The number of hydrogen-bond donors (Lipinski definition) is 1. The molecule has 1 atom stereocenters. The summed E-state index contributed by atoms with van der Waals surface area (Å²) in [5.41, 5.74) is 0.